The number of nitrogens with zero attached hydrogens (tertiary/aromatic N) is 3. The predicted molar refractivity (Wildman–Crippen MR) is 65.2 cm³/mol. The van der Waals surface area contributed by atoms with Crippen molar-refractivity contribution in [3.8, 4) is 0 Å². The fourth-order valence-electron chi connectivity index (χ4n) is 1.30. The Morgan fingerprint density at radius 2 is 2.50 bits per heavy atom. The Hall–Kier alpha value is -1.62. The van der Waals surface area contributed by atoms with Gasteiger partial charge in [0.1, 0.15) is 0 Å². The fraction of sp³-hybridized carbons (Fsp3) is 0.182. The van der Waals surface area contributed by atoms with Gasteiger partial charge in [-0.25, -0.2) is 9.50 Å². The molecule has 0 bridgehead atoms. The van der Waals surface area contributed by atoms with Crippen LogP contribution < -0.4 is 0 Å². The van der Waals surface area contributed by atoms with Crippen LogP contribution in [0.5, 0.6) is 0 Å². The molecule has 4 nitrogen and oxygen atoms in total. The number of carbonyl (C=O) groups excluding carboxylic acids is 1. The molecule has 2 aromatic heterocycles. The van der Waals surface area contributed by atoms with E-state index in [1.165, 1.54) is 11.8 Å². The molecule has 0 spiro atoms. The Bertz CT molecular complexity index is 533. The lowest BCUT2D eigenvalue weighted by atomic mass is 10.3. The molecule has 0 aromatic carbocycles. The fourth-order valence-corrected chi connectivity index (χ4v) is 1.73. The van der Waals surface area contributed by atoms with E-state index in [1.807, 2.05) is 24.4 Å². The summed E-state index contributed by atoms with van der Waals surface area (Å²) >= 11 is 1.29. The summed E-state index contributed by atoms with van der Waals surface area (Å²) in [7, 11) is 0. The summed E-state index contributed by atoms with van der Waals surface area (Å²) < 4.78 is 1.72. The zero-order valence-electron chi connectivity index (χ0n) is 8.83. The molecule has 0 saturated heterocycles. The van der Waals surface area contributed by atoms with Gasteiger partial charge in [0.2, 0.25) is 0 Å². The molecule has 0 atom stereocenters. The van der Waals surface area contributed by atoms with Crippen LogP contribution in [0, 0.1) is 0 Å². The maximum absolute atomic E-state index is 10.7. The van der Waals surface area contributed by atoms with Gasteiger partial charge in [0, 0.05) is 30.6 Å². The third-order valence-corrected chi connectivity index (χ3v) is 2.75. The number of rotatable bonds is 3. The van der Waals surface area contributed by atoms with Gasteiger partial charge in [-0.1, -0.05) is 23.9 Å². The van der Waals surface area contributed by atoms with Crippen LogP contribution in [-0.2, 0) is 4.79 Å². The number of thioether (sulfide) groups is 1. The van der Waals surface area contributed by atoms with Gasteiger partial charge in [0.25, 0.3) is 0 Å². The Labute approximate surface area is 97.4 Å². The van der Waals surface area contributed by atoms with Crippen molar-refractivity contribution in [2.45, 2.75) is 6.92 Å². The van der Waals surface area contributed by atoms with Gasteiger partial charge in [-0.3, -0.25) is 4.79 Å². The molecule has 0 fully saturated rings. The second-order valence-corrected chi connectivity index (χ2v) is 4.39. The summed E-state index contributed by atoms with van der Waals surface area (Å²) in [6.07, 6.45) is 9.23. The van der Waals surface area contributed by atoms with Crippen LogP contribution in [0.2, 0.25) is 0 Å². The largest absolute Gasteiger partial charge is 0.288 e. The van der Waals surface area contributed by atoms with Gasteiger partial charge in [0.05, 0.1) is 6.20 Å². The number of aromatic nitrogens is 3. The van der Waals surface area contributed by atoms with E-state index < -0.39 is 0 Å². The van der Waals surface area contributed by atoms with Crippen LogP contribution in [0.25, 0.3) is 11.7 Å². The van der Waals surface area contributed by atoms with Gasteiger partial charge in [-0.15, -0.1) is 0 Å². The predicted octanol–water partition coefficient (Wildman–Crippen LogP) is 2.02. The van der Waals surface area contributed by atoms with E-state index in [2.05, 4.69) is 10.1 Å². The van der Waals surface area contributed by atoms with E-state index in [1.54, 1.807) is 23.8 Å². The highest BCUT2D eigenvalue weighted by atomic mass is 32.2. The Balaban J connectivity index is 2.12. The van der Waals surface area contributed by atoms with Gasteiger partial charge in [0.15, 0.2) is 10.8 Å². The maximum atomic E-state index is 10.7. The van der Waals surface area contributed by atoms with Crippen molar-refractivity contribution in [2.24, 2.45) is 0 Å². The lowest BCUT2D eigenvalue weighted by Gasteiger charge is -1.91. The first-order chi connectivity index (χ1) is 7.77. The van der Waals surface area contributed by atoms with Gasteiger partial charge in [-0.2, -0.15) is 5.10 Å². The monoisotopic (exact) mass is 233 g/mol. The first-order valence-electron chi connectivity index (χ1n) is 4.85. The van der Waals surface area contributed by atoms with Crippen molar-refractivity contribution in [3.05, 3.63) is 36.3 Å². The molecule has 0 radical (unpaired) electrons. The quantitative estimate of drug-likeness (QED) is 0.813. The van der Waals surface area contributed by atoms with Crippen molar-refractivity contribution < 1.29 is 4.79 Å². The lowest BCUT2D eigenvalue weighted by molar-refractivity contribution is -0.109. The van der Waals surface area contributed by atoms with Crippen molar-refractivity contribution in [2.75, 3.05) is 5.75 Å². The molecule has 0 aliphatic rings. The normalized spacial score (nSPS) is 11.3. The van der Waals surface area contributed by atoms with E-state index in [0.29, 0.717) is 5.75 Å². The molecule has 0 N–H and O–H groups in total. The topological polar surface area (TPSA) is 47.3 Å². The highest BCUT2D eigenvalue weighted by molar-refractivity contribution is 8.13. The number of fused-ring (bicyclic) bond motifs is 1. The van der Waals surface area contributed by atoms with Crippen molar-refractivity contribution in [1.29, 1.82) is 0 Å². The number of hydrogen-bond acceptors (Lipinski definition) is 4. The van der Waals surface area contributed by atoms with Gasteiger partial charge < -0.3 is 0 Å². The molecule has 16 heavy (non-hydrogen) atoms. The van der Waals surface area contributed by atoms with Crippen LogP contribution in [-0.4, -0.2) is 25.5 Å². The zero-order chi connectivity index (χ0) is 11.4. The zero-order valence-corrected chi connectivity index (χ0v) is 9.65. The van der Waals surface area contributed by atoms with E-state index in [9.17, 15) is 4.79 Å². The minimum Gasteiger partial charge on any atom is -0.288 e. The van der Waals surface area contributed by atoms with Crippen LogP contribution >= 0.6 is 11.8 Å². The average molecular weight is 233 g/mol. The second-order valence-electron chi connectivity index (χ2n) is 3.19. The Kier molecular flexibility index (Phi) is 3.36. The summed E-state index contributed by atoms with van der Waals surface area (Å²) in [5, 5.41) is 4.29. The average Bonchev–Trinajstić information content (AvgIpc) is 2.68. The minimum atomic E-state index is 0.127. The number of carbonyl (C=O) groups is 1. The van der Waals surface area contributed by atoms with E-state index in [-0.39, 0.29) is 5.12 Å². The van der Waals surface area contributed by atoms with Crippen molar-refractivity contribution in [3.63, 3.8) is 0 Å². The van der Waals surface area contributed by atoms with E-state index >= 15 is 0 Å². The summed E-state index contributed by atoms with van der Waals surface area (Å²) in [5.74, 6) is 0.680. The molecular weight excluding hydrogens is 222 g/mol. The highest BCUT2D eigenvalue weighted by Crippen LogP contribution is 2.10. The SMILES string of the molecule is CC(=O)SCC=Cc1cnn2cccnc12. The van der Waals surface area contributed by atoms with E-state index in [0.717, 1.165) is 11.2 Å². The van der Waals surface area contributed by atoms with Crippen LogP contribution in [0.15, 0.2) is 30.7 Å². The van der Waals surface area contributed by atoms with Crippen molar-refractivity contribution in [1.82, 2.24) is 14.6 Å². The Morgan fingerprint density at radius 1 is 1.62 bits per heavy atom. The molecule has 82 valence electrons. The molecule has 2 rings (SSSR count). The standard InChI is InChI=1S/C11H11N3OS/c1-9(15)16-7-2-4-10-8-13-14-6-3-5-12-11(10)14/h2-6,8H,7H2,1H3. The van der Waals surface area contributed by atoms with Crippen molar-refractivity contribution >= 4 is 28.6 Å². The molecule has 0 unspecified atom stereocenters. The second kappa shape index (κ2) is 4.94. The highest BCUT2D eigenvalue weighted by Gasteiger charge is 1.99. The molecule has 0 saturated carbocycles. The lowest BCUT2D eigenvalue weighted by Crippen LogP contribution is -1.87. The number of hydrogen-bond donors (Lipinski definition) is 0. The summed E-state index contributed by atoms with van der Waals surface area (Å²) in [4.78, 5) is 14.9. The maximum Gasteiger partial charge on any atom is 0.186 e. The Morgan fingerprint density at radius 3 is 3.31 bits per heavy atom. The molecule has 2 heterocycles. The van der Waals surface area contributed by atoms with Crippen LogP contribution in [0.1, 0.15) is 12.5 Å². The first-order valence-corrected chi connectivity index (χ1v) is 5.84. The molecule has 0 amide bonds. The molecule has 2 aromatic rings. The van der Waals surface area contributed by atoms with Gasteiger partial charge in [-0.05, 0) is 6.07 Å². The molecule has 0 aliphatic heterocycles. The van der Waals surface area contributed by atoms with Gasteiger partial charge >= 0.3 is 0 Å². The summed E-state index contributed by atoms with van der Waals surface area (Å²) in [6.45, 7) is 1.56. The van der Waals surface area contributed by atoms with Crippen LogP contribution in [0.4, 0.5) is 0 Å². The first kappa shape index (κ1) is 10.9. The molecule has 5 heteroatoms. The minimum absolute atomic E-state index is 0.127. The summed E-state index contributed by atoms with van der Waals surface area (Å²) in [6, 6.07) is 1.83. The molecular formula is C11H11N3OS. The molecule has 0 aliphatic carbocycles. The van der Waals surface area contributed by atoms with Crippen LogP contribution in [0.3, 0.4) is 0 Å². The third kappa shape index (κ3) is 2.49. The third-order valence-electron chi connectivity index (χ3n) is 1.99. The smallest absolute Gasteiger partial charge is 0.186 e. The van der Waals surface area contributed by atoms with E-state index in [4.69, 9.17) is 0 Å². The summed E-state index contributed by atoms with van der Waals surface area (Å²) in [5.41, 5.74) is 1.79.